The van der Waals surface area contributed by atoms with Crippen LogP contribution in [0.3, 0.4) is 0 Å². The lowest BCUT2D eigenvalue weighted by molar-refractivity contribution is 0.411. The third-order valence-corrected chi connectivity index (χ3v) is 2.20. The number of methoxy groups -OCH3 is 1. The molecule has 0 aliphatic rings. The molecule has 1 aromatic heterocycles. The van der Waals surface area contributed by atoms with Gasteiger partial charge in [0.1, 0.15) is 11.6 Å². The monoisotopic (exact) mass is 218 g/mol. The van der Waals surface area contributed by atoms with Gasteiger partial charge in [-0.25, -0.2) is 14.4 Å². The zero-order chi connectivity index (χ0) is 11.5. The number of benzene rings is 1. The first kappa shape index (κ1) is 10.5. The molecule has 0 unspecified atom stereocenters. The summed E-state index contributed by atoms with van der Waals surface area (Å²) in [6, 6.07) is 4.61. The van der Waals surface area contributed by atoms with Crippen molar-refractivity contribution in [2.24, 2.45) is 0 Å². The largest absolute Gasteiger partial charge is 0.497 e. The number of aromatic nitrogens is 2. The molecule has 16 heavy (non-hydrogen) atoms. The van der Waals surface area contributed by atoms with Crippen LogP contribution in [0.15, 0.2) is 30.6 Å². The molecule has 0 N–H and O–H groups in total. The maximum Gasteiger partial charge on any atom is 0.162 e. The van der Waals surface area contributed by atoms with Crippen molar-refractivity contribution < 1.29 is 9.13 Å². The Kier molecular flexibility index (Phi) is 2.81. The Morgan fingerprint density at radius 1 is 1.19 bits per heavy atom. The van der Waals surface area contributed by atoms with E-state index in [9.17, 15) is 4.39 Å². The van der Waals surface area contributed by atoms with E-state index in [-0.39, 0.29) is 5.82 Å². The van der Waals surface area contributed by atoms with E-state index in [4.69, 9.17) is 4.74 Å². The first-order valence-electron chi connectivity index (χ1n) is 4.83. The maximum absolute atomic E-state index is 13.7. The van der Waals surface area contributed by atoms with Crippen molar-refractivity contribution in [1.82, 2.24) is 9.97 Å². The highest BCUT2D eigenvalue weighted by molar-refractivity contribution is 5.57. The lowest BCUT2D eigenvalue weighted by Gasteiger charge is -2.04. The molecule has 0 bridgehead atoms. The zero-order valence-corrected chi connectivity index (χ0v) is 9.07. The highest BCUT2D eigenvalue weighted by Gasteiger charge is 2.08. The molecule has 0 fully saturated rings. The quantitative estimate of drug-likeness (QED) is 0.777. The number of aryl methyl sites for hydroxylation is 1. The van der Waals surface area contributed by atoms with Crippen LogP contribution in [0.5, 0.6) is 5.75 Å². The highest BCUT2D eigenvalue weighted by atomic mass is 19.1. The van der Waals surface area contributed by atoms with E-state index in [1.54, 1.807) is 24.5 Å². The number of rotatable bonds is 2. The van der Waals surface area contributed by atoms with Crippen molar-refractivity contribution in [3.8, 4) is 17.1 Å². The summed E-state index contributed by atoms with van der Waals surface area (Å²) >= 11 is 0. The Morgan fingerprint density at radius 3 is 2.44 bits per heavy atom. The van der Waals surface area contributed by atoms with Gasteiger partial charge in [-0.1, -0.05) is 0 Å². The van der Waals surface area contributed by atoms with E-state index in [0.717, 1.165) is 5.56 Å². The minimum absolute atomic E-state index is 0.376. The van der Waals surface area contributed by atoms with Crippen molar-refractivity contribution in [3.05, 3.63) is 42.0 Å². The summed E-state index contributed by atoms with van der Waals surface area (Å²) in [6.45, 7) is 1.88. The van der Waals surface area contributed by atoms with Crippen LogP contribution in [-0.2, 0) is 0 Å². The molecule has 0 atom stereocenters. The predicted octanol–water partition coefficient (Wildman–Crippen LogP) is 2.60. The van der Waals surface area contributed by atoms with E-state index in [1.807, 2.05) is 6.92 Å². The molecule has 2 aromatic rings. The fourth-order valence-corrected chi connectivity index (χ4v) is 1.34. The Hall–Kier alpha value is -1.97. The van der Waals surface area contributed by atoms with Crippen molar-refractivity contribution in [2.75, 3.05) is 7.11 Å². The number of halogens is 1. The van der Waals surface area contributed by atoms with Crippen LogP contribution in [0.1, 0.15) is 5.56 Å². The van der Waals surface area contributed by atoms with Gasteiger partial charge in [-0.15, -0.1) is 0 Å². The van der Waals surface area contributed by atoms with E-state index in [1.165, 1.54) is 13.2 Å². The summed E-state index contributed by atoms with van der Waals surface area (Å²) in [5.74, 6) is 0.474. The third-order valence-electron chi connectivity index (χ3n) is 2.20. The van der Waals surface area contributed by atoms with Crippen LogP contribution in [0.4, 0.5) is 4.39 Å². The fourth-order valence-electron chi connectivity index (χ4n) is 1.34. The Bertz CT molecular complexity index is 497. The smallest absolute Gasteiger partial charge is 0.162 e. The van der Waals surface area contributed by atoms with Gasteiger partial charge in [0.25, 0.3) is 0 Å². The van der Waals surface area contributed by atoms with E-state index < -0.39 is 0 Å². The van der Waals surface area contributed by atoms with Crippen LogP contribution in [0.2, 0.25) is 0 Å². The summed E-state index contributed by atoms with van der Waals surface area (Å²) in [6.07, 6.45) is 3.32. The van der Waals surface area contributed by atoms with Gasteiger partial charge in [0.05, 0.1) is 12.7 Å². The Balaban J connectivity index is 2.44. The summed E-state index contributed by atoms with van der Waals surface area (Å²) in [7, 11) is 1.50. The summed E-state index contributed by atoms with van der Waals surface area (Å²) < 4.78 is 18.6. The average molecular weight is 218 g/mol. The summed E-state index contributed by atoms with van der Waals surface area (Å²) in [5, 5.41) is 0. The van der Waals surface area contributed by atoms with Crippen LogP contribution in [0.25, 0.3) is 11.4 Å². The molecule has 0 spiro atoms. The minimum Gasteiger partial charge on any atom is -0.497 e. The van der Waals surface area contributed by atoms with Crippen LogP contribution in [-0.4, -0.2) is 17.1 Å². The Morgan fingerprint density at radius 2 is 1.88 bits per heavy atom. The van der Waals surface area contributed by atoms with Gasteiger partial charge >= 0.3 is 0 Å². The molecule has 1 aromatic carbocycles. The highest BCUT2D eigenvalue weighted by Crippen LogP contribution is 2.23. The molecule has 0 radical (unpaired) electrons. The normalized spacial score (nSPS) is 10.2. The zero-order valence-electron chi connectivity index (χ0n) is 9.07. The first-order chi connectivity index (χ1) is 7.70. The van der Waals surface area contributed by atoms with Gasteiger partial charge in [-0.3, -0.25) is 0 Å². The van der Waals surface area contributed by atoms with Gasteiger partial charge in [0.2, 0.25) is 0 Å². The molecular weight excluding hydrogens is 207 g/mol. The maximum atomic E-state index is 13.7. The molecule has 1 heterocycles. The van der Waals surface area contributed by atoms with E-state index >= 15 is 0 Å². The number of hydrogen-bond donors (Lipinski definition) is 0. The molecule has 2 rings (SSSR count). The molecule has 0 aliphatic heterocycles. The van der Waals surface area contributed by atoms with Crippen molar-refractivity contribution in [2.45, 2.75) is 6.92 Å². The number of nitrogens with zero attached hydrogens (tertiary/aromatic N) is 2. The second kappa shape index (κ2) is 4.26. The second-order valence-electron chi connectivity index (χ2n) is 3.43. The number of ether oxygens (including phenoxy) is 1. The van der Waals surface area contributed by atoms with E-state index in [2.05, 4.69) is 9.97 Å². The first-order valence-corrected chi connectivity index (χ1v) is 4.83. The minimum atomic E-state index is -0.386. The molecule has 0 amide bonds. The van der Waals surface area contributed by atoms with Crippen LogP contribution < -0.4 is 4.74 Å². The van der Waals surface area contributed by atoms with Gasteiger partial charge in [0.15, 0.2) is 5.82 Å². The van der Waals surface area contributed by atoms with Gasteiger partial charge in [-0.05, 0) is 24.6 Å². The molecule has 3 nitrogen and oxygen atoms in total. The standard InChI is InChI=1S/C12H11FN2O/c1-8-6-14-12(15-7-8)10-4-3-9(16-2)5-11(10)13/h3-7H,1-2H3. The lowest BCUT2D eigenvalue weighted by atomic mass is 10.2. The molecular formula is C12H11FN2O. The van der Waals surface area contributed by atoms with Crippen LogP contribution >= 0.6 is 0 Å². The second-order valence-corrected chi connectivity index (χ2v) is 3.43. The van der Waals surface area contributed by atoms with Crippen LogP contribution in [0, 0.1) is 12.7 Å². The fraction of sp³-hybridized carbons (Fsp3) is 0.167. The SMILES string of the molecule is COc1ccc(-c2ncc(C)cn2)c(F)c1. The molecule has 82 valence electrons. The van der Waals surface area contributed by atoms with Crippen molar-refractivity contribution in [3.63, 3.8) is 0 Å². The van der Waals surface area contributed by atoms with E-state index in [0.29, 0.717) is 17.1 Å². The lowest BCUT2D eigenvalue weighted by Crippen LogP contribution is -1.93. The van der Waals surface area contributed by atoms with Gasteiger partial charge in [-0.2, -0.15) is 0 Å². The molecule has 0 aliphatic carbocycles. The van der Waals surface area contributed by atoms with Gasteiger partial charge in [0, 0.05) is 18.5 Å². The Labute approximate surface area is 92.9 Å². The predicted molar refractivity (Wildman–Crippen MR) is 58.7 cm³/mol. The van der Waals surface area contributed by atoms with Crippen molar-refractivity contribution >= 4 is 0 Å². The molecule has 0 saturated heterocycles. The summed E-state index contributed by atoms with van der Waals surface area (Å²) in [4.78, 5) is 8.15. The summed E-state index contributed by atoms with van der Waals surface area (Å²) in [5.41, 5.74) is 1.32. The average Bonchev–Trinajstić information content (AvgIpc) is 2.30. The van der Waals surface area contributed by atoms with Gasteiger partial charge < -0.3 is 4.74 Å². The molecule has 0 saturated carbocycles. The molecule has 4 heteroatoms. The van der Waals surface area contributed by atoms with Crippen molar-refractivity contribution in [1.29, 1.82) is 0 Å². The topological polar surface area (TPSA) is 35.0 Å². The number of hydrogen-bond acceptors (Lipinski definition) is 3. The third kappa shape index (κ3) is 2.00.